The van der Waals surface area contributed by atoms with E-state index in [0.717, 1.165) is 5.56 Å². The Morgan fingerprint density at radius 1 is 1.12 bits per heavy atom. The quantitative estimate of drug-likeness (QED) is 0.905. The second-order valence-corrected chi connectivity index (χ2v) is 4.28. The van der Waals surface area contributed by atoms with E-state index in [4.69, 9.17) is 27.6 Å². The van der Waals surface area contributed by atoms with Gasteiger partial charge in [-0.3, -0.25) is 0 Å². The Labute approximate surface area is 103 Å². The Morgan fingerprint density at radius 2 is 1.81 bits per heavy atom. The molecular weight excluding hydrogens is 247 g/mol. The van der Waals surface area contributed by atoms with E-state index in [2.05, 4.69) is 0 Å². The molecule has 1 aromatic heterocycles. The SMILES string of the molecule is OC(Cc1ccc(Cl)cc1)c1ccoc1Cl. The summed E-state index contributed by atoms with van der Waals surface area (Å²) in [5, 5.41) is 10.9. The van der Waals surface area contributed by atoms with Crippen molar-refractivity contribution >= 4 is 23.2 Å². The molecule has 2 aromatic rings. The molecule has 0 amide bonds. The Hall–Kier alpha value is -0.960. The first kappa shape index (κ1) is 11.5. The first-order chi connectivity index (χ1) is 7.66. The molecule has 1 aromatic carbocycles. The van der Waals surface area contributed by atoms with Crippen LogP contribution in [0.5, 0.6) is 0 Å². The van der Waals surface area contributed by atoms with Crippen LogP contribution in [0, 0.1) is 0 Å². The molecule has 1 N–H and O–H groups in total. The molecule has 2 rings (SSSR count). The topological polar surface area (TPSA) is 33.4 Å². The lowest BCUT2D eigenvalue weighted by molar-refractivity contribution is 0.177. The summed E-state index contributed by atoms with van der Waals surface area (Å²) in [6.45, 7) is 0. The third kappa shape index (κ3) is 2.59. The maximum absolute atomic E-state index is 9.94. The third-order valence-corrected chi connectivity index (χ3v) is 2.91. The van der Waals surface area contributed by atoms with Gasteiger partial charge in [-0.25, -0.2) is 0 Å². The van der Waals surface area contributed by atoms with Gasteiger partial charge in [0, 0.05) is 17.0 Å². The molecule has 0 aliphatic heterocycles. The largest absolute Gasteiger partial charge is 0.453 e. The van der Waals surface area contributed by atoms with Crippen molar-refractivity contribution in [1.82, 2.24) is 0 Å². The van der Waals surface area contributed by atoms with Gasteiger partial charge in [0.25, 0.3) is 0 Å². The maximum atomic E-state index is 9.94. The second kappa shape index (κ2) is 4.91. The van der Waals surface area contributed by atoms with Gasteiger partial charge in [0.1, 0.15) is 0 Å². The Morgan fingerprint density at radius 3 is 2.38 bits per heavy atom. The van der Waals surface area contributed by atoms with E-state index in [9.17, 15) is 5.11 Å². The van der Waals surface area contributed by atoms with Crippen LogP contribution in [-0.2, 0) is 6.42 Å². The molecule has 1 atom stereocenters. The Balaban J connectivity index is 2.10. The number of furan rings is 1. The molecule has 0 saturated carbocycles. The number of aliphatic hydroxyl groups is 1. The number of hydrogen-bond donors (Lipinski definition) is 1. The molecule has 84 valence electrons. The molecule has 0 radical (unpaired) electrons. The first-order valence-electron chi connectivity index (χ1n) is 4.82. The molecule has 0 bridgehead atoms. The van der Waals surface area contributed by atoms with Crippen LogP contribution in [0.3, 0.4) is 0 Å². The summed E-state index contributed by atoms with van der Waals surface area (Å²) in [6.07, 6.45) is 1.28. The number of hydrogen-bond acceptors (Lipinski definition) is 2. The minimum absolute atomic E-state index is 0.237. The van der Waals surface area contributed by atoms with Gasteiger partial charge in [0.2, 0.25) is 0 Å². The summed E-state index contributed by atoms with van der Waals surface area (Å²) in [6, 6.07) is 9.00. The van der Waals surface area contributed by atoms with Crippen LogP contribution in [0.15, 0.2) is 41.0 Å². The predicted molar refractivity (Wildman–Crippen MR) is 63.8 cm³/mol. The van der Waals surface area contributed by atoms with Crippen LogP contribution in [0.25, 0.3) is 0 Å². The van der Waals surface area contributed by atoms with Gasteiger partial charge in [0.15, 0.2) is 5.22 Å². The van der Waals surface area contributed by atoms with Crippen LogP contribution >= 0.6 is 23.2 Å². The number of halogens is 2. The van der Waals surface area contributed by atoms with Crippen LogP contribution in [-0.4, -0.2) is 5.11 Å². The fourth-order valence-corrected chi connectivity index (χ4v) is 1.86. The molecule has 0 aliphatic rings. The highest BCUT2D eigenvalue weighted by molar-refractivity contribution is 6.30. The second-order valence-electron chi connectivity index (χ2n) is 3.50. The van der Waals surface area contributed by atoms with Crippen molar-refractivity contribution in [2.75, 3.05) is 0 Å². The van der Waals surface area contributed by atoms with Crippen LogP contribution in [0.2, 0.25) is 10.2 Å². The monoisotopic (exact) mass is 256 g/mol. The molecule has 2 nitrogen and oxygen atoms in total. The van der Waals surface area contributed by atoms with Gasteiger partial charge >= 0.3 is 0 Å². The highest BCUT2D eigenvalue weighted by atomic mass is 35.5. The van der Waals surface area contributed by atoms with Crippen molar-refractivity contribution in [3.05, 3.63) is 58.0 Å². The molecule has 0 saturated heterocycles. The molecule has 0 spiro atoms. The minimum atomic E-state index is -0.660. The number of aliphatic hydroxyl groups excluding tert-OH is 1. The summed E-state index contributed by atoms with van der Waals surface area (Å²) in [7, 11) is 0. The van der Waals surface area contributed by atoms with Gasteiger partial charge < -0.3 is 9.52 Å². The zero-order chi connectivity index (χ0) is 11.5. The van der Waals surface area contributed by atoms with Crippen LogP contribution < -0.4 is 0 Å². The Kier molecular flexibility index (Phi) is 3.54. The van der Waals surface area contributed by atoms with Crippen molar-refractivity contribution in [2.24, 2.45) is 0 Å². The van der Waals surface area contributed by atoms with Gasteiger partial charge in [-0.05, 0) is 35.4 Å². The van der Waals surface area contributed by atoms with E-state index in [1.165, 1.54) is 6.26 Å². The lowest BCUT2D eigenvalue weighted by Gasteiger charge is -2.08. The smallest absolute Gasteiger partial charge is 0.198 e. The van der Waals surface area contributed by atoms with Crippen molar-refractivity contribution < 1.29 is 9.52 Å². The standard InChI is InChI=1S/C12H10Cl2O2/c13-9-3-1-8(2-4-9)7-11(15)10-5-6-16-12(10)14/h1-6,11,15H,7H2. The lowest BCUT2D eigenvalue weighted by atomic mass is 10.0. The normalized spacial score (nSPS) is 12.7. The van der Waals surface area contributed by atoms with Crippen molar-refractivity contribution in [3.63, 3.8) is 0 Å². The summed E-state index contributed by atoms with van der Waals surface area (Å²) in [5.74, 6) is 0. The van der Waals surface area contributed by atoms with Gasteiger partial charge in [0.05, 0.1) is 12.4 Å². The van der Waals surface area contributed by atoms with Gasteiger partial charge in [-0.2, -0.15) is 0 Å². The van der Waals surface area contributed by atoms with Crippen LogP contribution in [0.1, 0.15) is 17.2 Å². The number of rotatable bonds is 3. The van der Waals surface area contributed by atoms with E-state index in [-0.39, 0.29) is 5.22 Å². The van der Waals surface area contributed by atoms with E-state index in [1.54, 1.807) is 18.2 Å². The van der Waals surface area contributed by atoms with E-state index < -0.39 is 6.10 Å². The molecule has 0 aliphatic carbocycles. The highest BCUT2D eigenvalue weighted by Crippen LogP contribution is 2.26. The average Bonchev–Trinajstić information content (AvgIpc) is 2.68. The van der Waals surface area contributed by atoms with E-state index in [1.807, 2.05) is 12.1 Å². The summed E-state index contributed by atoms with van der Waals surface area (Å²) in [5.41, 5.74) is 1.60. The third-order valence-electron chi connectivity index (χ3n) is 2.35. The summed E-state index contributed by atoms with van der Waals surface area (Å²) in [4.78, 5) is 0. The molecule has 0 fully saturated rings. The Bertz CT molecular complexity index is 462. The minimum Gasteiger partial charge on any atom is -0.453 e. The zero-order valence-electron chi connectivity index (χ0n) is 8.36. The zero-order valence-corrected chi connectivity index (χ0v) is 9.87. The lowest BCUT2D eigenvalue weighted by Crippen LogP contribution is -2.00. The number of benzene rings is 1. The molecular formula is C12H10Cl2O2. The maximum Gasteiger partial charge on any atom is 0.198 e. The van der Waals surface area contributed by atoms with E-state index >= 15 is 0 Å². The van der Waals surface area contributed by atoms with Crippen LogP contribution in [0.4, 0.5) is 0 Å². The fraction of sp³-hybridized carbons (Fsp3) is 0.167. The van der Waals surface area contributed by atoms with E-state index in [0.29, 0.717) is 17.0 Å². The molecule has 4 heteroatoms. The van der Waals surface area contributed by atoms with Crippen molar-refractivity contribution in [3.8, 4) is 0 Å². The average molecular weight is 257 g/mol. The van der Waals surface area contributed by atoms with Crippen molar-refractivity contribution in [1.29, 1.82) is 0 Å². The van der Waals surface area contributed by atoms with Crippen molar-refractivity contribution in [2.45, 2.75) is 12.5 Å². The van der Waals surface area contributed by atoms with Gasteiger partial charge in [-0.15, -0.1) is 0 Å². The van der Waals surface area contributed by atoms with Gasteiger partial charge in [-0.1, -0.05) is 23.7 Å². The summed E-state index contributed by atoms with van der Waals surface area (Å²) < 4.78 is 4.93. The fourth-order valence-electron chi connectivity index (χ4n) is 1.50. The molecule has 16 heavy (non-hydrogen) atoms. The summed E-state index contributed by atoms with van der Waals surface area (Å²) >= 11 is 11.6. The highest BCUT2D eigenvalue weighted by Gasteiger charge is 2.14. The molecule has 1 heterocycles. The predicted octanol–water partition coefficient (Wildman–Crippen LogP) is 3.86. The molecule has 1 unspecified atom stereocenters. The first-order valence-corrected chi connectivity index (χ1v) is 5.58.